The van der Waals surface area contributed by atoms with Crippen LogP contribution in [0.5, 0.6) is 11.5 Å². The molecule has 2 aliphatic heterocycles. The summed E-state index contributed by atoms with van der Waals surface area (Å²) in [6, 6.07) is 10.2. The van der Waals surface area contributed by atoms with Gasteiger partial charge < -0.3 is 19.5 Å². The summed E-state index contributed by atoms with van der Waals surface area (Å²) in [7, 11) is 2.90. The van der Waals surface area contributed by atoms with Crippen LogP contribution >= 0.6 is 0 Å². The number of esters is 1. The van der Waals surface area contributed by atoms with E-state index >= 15 is 0 Å². The van der Waals surface area contributed by atoms with Crippen molar-refractivity contribution in [3.05, 3.63) is 53.1 Å². The minimum Gasteiger partial charge on any atom is -0.493 e. The molecule has 0 spiro atoms. The van der Waals surface area contributed by atoms with E-state index in [1.54, 1.807) is 12.1 Å². The van der Waals surface area contributed by atoms with Crippen molar-refractivity contribution in [2.45, 2.75) is 44.9 Å². The molecule has 0 bridgehead atoms. The van der Waals surface area contributed by atoms with Crippen LogP contribution in [-0.2, 0) is 14.3 Å². The Labute approximate surface area is 186 Å². The Morgan fingerprint density at radius 3 is 2.44 bits per heavy atom. The number of rotatable bonds is 6. The standard InChI is InChI=1S/C24H26N2O6/c1-13(2)14-5-7-15(8-6-14)25-22(28)17-10-12-19(27)26(17)23-16-9-11-18(30-3)21(31-4)20(16)24(29)32-23/h5-9,11,13,17,23H,10,12H2,1-4H3,(H,25,28)/t17-,23-/m0/s1. The van der Waals surface area contributed by atoms with Crippen LogP contribution in [0.3, 0.4) is 0 Å². The smallest absolute Gasteiger partial charge is 0.344 e. The van der Waals surface area contributed by atoms with Crippen LogP contribution in [0.4, 0.5) is 5.69 Å². The number of carbonyl (C=O) groups excluding carboxylic acids is 3. The van der Waals surface area contributed by atoms with Crippen molar-refractivity contribution in [3.8, 4) is 11.5 Å². The van der Waals surface area contributed by atoms with Gasteiger partial charge in [0, 0.05) is 17.7 Å². The third-order valence-corrected chi connectivity index (χ3v) is 5.92. The molecule has 0 radical (unpaired) electrons. The maximum atomic E-state index is 13.1. The summed E-state index contributed by atoms with van der Waals surface area (Å²) in [6.45, 7) is 4.20. The molecule has 2 aliphatic rings. The van der Waals surface area contributed by atoms with Gasteiger partial charge in [0.05, 0.1) is 14.2 Å². The summed E-state index contributed by atoms with van der Waals surface area (Å²) in [5.74, 6) is -0.177. The molecule has 2 amide bonds. The van der Waals surface area contributed by atoms with E-state index in [4.69, 9.17) is 14.2 Å². The fraction of sp³-hybridized carbons (Fsp3) is 0.375. The maximum absolute atomic E-state index is 13.1. The summed E-state index contributed by atoms with van der Waals surface area (Å²) in [4.78, 5) is 39.8. The van der Waals surface area contributed by atoms with Gasteiger partial charge in [-0.3, -0.25) is 14.5 Å². The van der Waals surface area contributed by atoms with E-state index in [-0.39, 0.29) is 29.5 Å². The topological polar surface area (TPSA) is 94.2 Å². The summed E-state index contributed by atoms with van der Waals surface area (Å²) in [5, 5.41) is 2.88. The molecule has 4 rings (SSSR count). The normalized spacial score (nSPS) is 19.7. The first-order valence-corrected chi connectivity index (χ1v) is 10.5. The van der Waals surface area contributed by atoms with Gasteiger partial charge in [-0.05, 0) is 42.2 Å². The minimum atomic E-state index is -0.994. The summed E-state index contributed by atoms with van der Waals surface area (Å²) in [6.07, 6.45) is -0.460. The fourth-order valence-corrected chi connectivity index (χ4v) is 4.22. The molecular weight excluding hydrogens is 412 g/mol. The van der Waals surface area contributed by atoms with Crippen molar-refractivity contribution in [2.75, 3.05) is 19.5 Å². The molecule has 0 unspecified atom stereocenters. The number of ether oxygens (including phenoxy) is 3. The zero-order chi connectivity index (χ0) is 23.0. The highest BCUT2D eigenvalue weighted by Crippen LogP contribution is 2.45. The number of nitrogens with zero attached hydrogens (tertiary/aromatic N) is 1. The first-order chi connectivity index (χ1) is 15.3. The van der Waals surface area contributed by atoms with Crippen LogP contribution in [0.2, 0.25) is 0 Å². The molecule has 8 nitrogen and oxygen atoms in total. The molecule has 32 heavy (non-hydrogen) atoms. The third kappa shape index (κ3) is 3.66. The van der Waals surface area contributed by atoms with Gasteiger partial charge in [-0.25, -0.2) is 4.79 Å². The first kappa shape index (κ1) is 21.7. The van der Waals surface area contributed by atoms with Crippen molar-refractivity contribution in [1.82, 2.24) is 4.90 Å². The van der Waals surface area contributed by atoms with Crippen molar-refractivity contribution in [3.63, 3.8) is 0 Å². The Hall–Kier alpha value is -3.55. The number of amides is 2. The van der Waals surface area contributed by atoms with Crippen LogP contribution in [0.15, 0.2) is 36.4 Å². The number of carbonyl (C=O) groups is 3. The molecule has 1 saturated heterocycles. The number of methoxy groups -OCH3 is 2. The summed E-state index contributed by atoms with van der Waals surface area (Å²) < 4.78 is 16.2. The molecule has 0 aliphatic carbocycles. The molecule has 0 saturated carbocycles. The Morgan fingerprint density at radius 2 is 1.81 bits per heavy atom. The molecule has 2 aromatic carbocycles. The highest BCUT2D eigenvalue weighted by Gasteiger charge is 2.47. The molecule has 2 aromatic rings. The fourth-order valence-electron chi connectivity index (χ4n) is 4.22. The highest BCUT2D eigenvalue weighted by atomic mass is 16.6. The van der Waals surface area contributed by atoms with Gasteiger partial charge in [-0.2, -0.15) is 0 Å². The minimum absolute atomic E-state index is 0.195. The molecule has 0 aromatic heterocycles. The van der Waals surface area contributed by atoms with Gasteiger partial charge in [-0.15, -0.1) is 0 Å². The number of anilines is 1. The zero-order valence-corrected chi connectivity index (χ0v) is 18.5. The van der Waals surface area contributed by atoms with E-state index in [9.17, 15) is 14.4 Å². The number of fused-ring (bicyclic) bond motifs is 1. The summed E-state index contributed by atoms with van der Waals surface area (Å²) in [5.41, 5.74) is 2.50. The number of benzene rings is 2. The van der Waals surface area contributed by atoms with Gasteiger partial charge >= 0.3 is 5.97 Å². The maximum Gasteiger partial charge on any atom is 0.344 e. The molecule has 168 valence electrons. The Kier molecular flexibility index (Phi) is 5.78. The molecule has 1 N–H and O–H groups in total. The van der Waals surface area contributed by atoms with Gasteiger partial charge in [0.2, 0.25) is 18.0 Å². The van der Waals surface area contributed by atoms with E-state index in [0.29, 0.717) is 29.3 Å². The number of hydrogen-bond donors (Lipinski definition) is 1. The second-order valence-corrected chi connectivity index (χ2v) is 8.14. The predicted molar refractivity (Wildman–Crippen MR) is 117 cm³/mol. The van der Waals surface area contributed by atoms with Crippen LogP contribution in [-0.4, -0.2) is 42.9 Å². The van der Waals surface area contributed by atoms with Gasteiger partial charge in [0.25, 0.3) is 0 Å². The summed E-state index contributed by atoms with van der Waals surface area (Å²) >= 11 is 0. The van der Waals surface area contributed by atoms with Gasteiger partial charge in [0.1, 0.15) is 11.6 Å². The lowest BCUT2D eigenvalue weighted by molar-refractivity contribution is -0.144. The first-order valence-electron chi connectivity index (χ1n) is 10.5. The number of nitrogens with one attached hydrogen (secondary N) is 1. The van der Waals surface area contributed by atoms with E-state index in [2.05, 4.69) is 19.2 Å². The number of likely N-dealkylation sites (tertiary alicyclic amines) is 1. The van der Waals surface area contributed by atoms with E-state index in [1.165, 1.54) is 24.7 Å². The quantitative estimate of drug-likeness (QED) is 0.693. The average Bonchev–Trinajstić information content (AvgIpc) is 3.32. The van der Waals surface area contributed by atoms with Gasteiger partial charge in [0.15, 0.2) is 11.5 Å². The number of cyclic esters (lactones) is 1. The van der Waals surface area contributed by atoms with E-state index < -0.39 is 18.2 Å². The van der Waals surface area contributed by atoms with Crippen molar-refractivity contribution < 1.29 is 28.6 Å². The third-order valence-electron chi connectivity index (χ3n) is 5.92. The van der Waals surface area contributed by atoms with Crippen molar-refractivity contribution in [2.24, 2.45) is 0 Å². The molecule has 2 atom stereocenters. The zero-order valence-electron chi connectivity index (χ0n) is 18.5. The predicted octanol–water partition coefficient (Wildman–Crippen LogP) is 3.63. The lowest BCUT2D eigenvalue weighted by Gasteiger charge is -2.29. The van der Waals surface area contributed by atoms with Crippen LogP contribution < -0.4 is 14.8 Å². The van der Waals surface area contributed by atoms with Crippen molar-refractivity contribution in [1.29, 1.82) is 0 Å². The Morgan fingerprint density at radius 1 is 1.09 bits per heavy atom. The molecule has 2 heterocycles. The van der Waals surface area contributed by atoms with Gasteiger partial charge in [-0.1, -0.05) is 26.0 Å². The highest BCUT2D eigenvalue weighted by molar-refractivity contribution is 6.01. The largest absolute Gasteiger partial charge is 0.493 e. The van der Waals surface area contributed by atoms with Crippen LogP contribution in [0.1, 0.15) is 60.3 Å². The van der Waals surface area contributed by atoms with Crippen LogP contribution in [0, 0.1) is 0 Å². The lowest BCUT2D eigenvalue weighted by atomic mass is 10.0. The average molecular weight is 438 g/mol. The Balaban J connectivity index is 1.60. The molecule has 1 fully saturated rings. The monoisotopic (exact) mass is 438 g/mol. The SMILES string of the molecule is COc1ccc2c(c1OC)C(=O)O[C@@H]2N1C(=O)CC[C@H]1C(=O)Nc1ccc(C(C)C)cc1. The Bertz CT molecular complexity index is 1060. The lowest BCUT2D eigenvalue weighted by Crippen LogP contribution is -2.43. The van der Waals surface area contributed by atoms with Crippen LogP contribution in [0.25, 0.3) is 0 Å². The van der Waals surface area contributed by atoms with E-state index in [0.717, 1.165) is 0 Å². The van der Waals surface area contributed by atoms with E-state index in [1.807, 2.05) is 24.3 Å². The molecular formula is C24H26N2O6. The second-order valence-electron chi connectivity index (χ2n) is 8.14. The number of hydrogen-bond acceptors (Lipinski definition) is 6. The second kappa shape index (κ2) is 8.53. The molecule has 8 heteroatoms. The van der Waals surface area contributed by atoms with Crippen molar-refractivity contribution >= 4 is 23.5 Å².